The fourth-order valence-corrected chi connectivity index (χ4v) is 1.57. The molecule has 1 atom stereocenters. The Bertz CT molecular complexity index is 331. The smallest absolute Gasteiger partial charge is 0.170 e. The van der Waals surface area contributed by atoms with E-state index in [9.17, 15) is 4.79 Å². The second-order valence-electron chi connectivity index (χ2n) is 3.27. The lowest BCUT2D eigenvalue weighted by molar-refractivity contribution is 0.0845. The van der Waals surface area contributed by atoms with Crippen molar-refractivity contribution in [3.05, 3.63) is 29.8 Å². The molecular formula is C11H12O2. The first kappa shape index (κ1) is 8.30. The minimum atomic E-state index is 0.0717. The largest absolute Gasteiger partial charge is 0.489 e. The lowest BCUT2D eigenvalue weighted by atomic mass is 10.00. The second-order valence-corrected chi connectivity index (χ2v) is 3.27. The Labute approximate surface area is 77.5 Å². The van der Waals surface area contributed by atoms with E-state index in [-0.39, 0.29) is 11.9 Å². The molecule has 0 aromatic heterocycles. The van der Waals surface area contributed by atoms with Crippen molar-refractivity contribution < 1.29 is 9.53 Å². The van der Waals surface area contributed by atoms with Gasteiger partial charge in [-0.1, -0.05) is 19.1 Å². The number of rotatable bonds is 1. The van der Waals surface area contributed by atoms with Crippen molar-refractivity contribution in [1.82, 2.24) is 0 Å². The van der Waals surface area contributed by atoms with Gasteiger partial charge < -0.3 is 4.74 Å². The van der Waals surface area contributed by atoms with Crippen LogP contribution < -0.4 is 4.74 Å². The number of hydrogen-bond acceptors (Lipinski definition) is 2. The normalized spacial score (nSPS) is 20.7. The average Bonchev–Trinajstić information content (AvgIpc) is 2.18. The summed E-state index contributed by atoms with van der Waals surface area (Å²) >= 11 is 0. The molecule has 1 aromatic carbocycles. The molecule has 68 valence electrons. The number of Topliss-reactive ketones (excluding diaryl/α,β-unsaturated/α-hetero) is 1. The summed E-state index contributed by atoms with van der Waals surface area (Å²) in [6.45, 7) is 2.03. The first-order valence-electron chi connectivity index (χ1n) is 4.60. The Kier molecular flexibility index (Phi) is 2.05. The van der Waals surface area contributed by atoms with Gasteiger partial charge in [0.1, 0.15) is 11.9 Å². The third-order valence-corrected chi connectivity index (χ3v) is 2.35. The number of para-hydroxylation sites is 1. The SMILES string of the molecule is CCC1CC(=O)c2ccccc2O1. The minimum absolute atomic E-state index is 0.0717. The van der Waals surface area contributed by atoms with E-state index in [0.717, 1.165) is 17.7 Å². The third kappa shape index (κ3) is 1.44. The van der Waals surface area contributed by atoms with Gasteiger partial charge in [0, 0.05) is 6.42 Å². The molecule has 2 rings (SSSR count). The summed E-state index contributed by atoms with van der Waals surface area (Å²) < 4.78 is 5.63. The van der Waals surface area contributed by atoms with Crippen molar-refractivity contribution in [3.8, 4) is 5.75 Å². The summed E-state index contributed by atoms with van der Waals surface area (Å²) in [6, 6.07) is 7.44. The van der Waals surface area contributed by atoms with Gasteiger partial charge in [0.15, 0.2) is 5.78 Å². The zero-order valence-corrected chi connectivity index (χ0v) is 7.62. The molecule has 1 aromatic rings. The molecule has 0 aliphatic carbocycles. The second kappa shape index (κ2) is 3.21. The molecule has 2 heteroatoms. The van der Waals surface area contributed by atoms with Gasteiger partial charge in [0.05, 0.1) is 5.56 Å². The van der Waals surface area contributed by atoms with Crippen molar-refractivity contribution >= 4 is 5.78 Å². The molecule has 0 amide bonds. The van der Waals surface area contributed by atoms with E-state index < -0.39 is 0 Å². The standard InChI is InChI=1S/C11H12O2/c1-2-8-7-10(12)9-5-3-4-6-11(9)13-8/h3-6,8H,2,7H2,1H3. The highest BCUT2D eigenvalue weighted by Crippen LogP contribution is 2.27. The molecule has 0 saturated carbocycles. The van der Waals surface area contributed by atoms with E-state index in [2.05, 4.69) is 0 Å². The summed E-state index contributed by atoms with van der Waals surface area (Å²) in [4.78, 5) is 11.6. The number of carbonyl (C=O) groups is 1. The molecule has 1 aliphatic rings. The van der Waals surface area contributed by atoms with Gasteiger partial charge in [-0.25, -0.2) is 0 Å². The number of carbonyl (C=O) groups excluding carboxylic acids is 1. The Morgan fingerprint density at radius 1 is 1.46 bits per heavy atom. The zero-order chi connectivity index (χ0) is 9.26. The molecule has 2 nitrogen and oxygen atoms in total. The predicted octanol–water partition coefficient (Wildman–Crippen LogP) is 2.43. The molecule has 1 unspecified atom stereocenters. The van der Waals surface area contributed by atoms with Crippen LogP contribution in [0.15, 0.2) is 24.3 Å². The first-order valence-corrected chi connectivity index (χ1v) is 4.60. The maximum absolute atomic E-state index is 11.6. The summed E-state index contributed by atoms with van der Waals surface area (Å²) in [5.41, 5.74) is 0.729. The Morgan fingerprint density at radius 3 is 3.00 bits per heavy atom. The molecule has 13 heavy (non-hydrogen) atoms. The first-order chi connectivity index (χ1) is 6.31. The molecule has 0 N–H and O–H groups in total. The Morgan fingerprint density at radius 2 is 2.23 bits per heavy atom. The Balaban J connectivity index is 2.37. The highest BCUT2D eigenvalue weighted by atomic mass is 16.5. The van der Waals surface area contributed by atoms with Gasteiger partial charge >= 0.3 is 0 Å². The predicted molar refractivity (Wildman–Crippen MR) is 50.1 cm³/mol. The number of fused-ring (bicyclic) bond motifs is 1. The van der Waals surface area contributed by atoms with Crippen LogP contribution in [0.2, 0.25) is 0 Å². The quantitative estimate of drug-likeness (QED) is 0.656. The molecule has 1 aliphatic heterocycles. The van der Waals surface area contributed by atoms with E-state index in [1.165, 1.54) is 0 Å². The van der Waals surface area contributed by atoms with E-state index in [1.807, 2.05) is 31.2 Å². The number of hydrogen-bond donors (Lipinski definition) is 0. The molecule has 0 bridgehead atoms. The van der Waals surface area contributed by atoms with Gasteiger partial charge in [-0.3, -0.25) is 4.79 Å². The van der Waals surface area contributed by atoms with Crippen LogP contribution in [-0.4, -0.2) is 11.9 Å². The lowest BCUT2D eigenvalue weighted by Crippen LogP contribution is -2.25. The van der Waals surface area contributed by atoms with E-state index in [4.69, 9.17) is 4.74 Å². The fraction of sp³-hybridized carbons (Fsp3) is 0.364. The van der Waals surface area contributed by atoms with Gasteiger partial charge in [-0.05, 0) is 18.6 Å². The van der Waals surface area contributed by atoms with Crippen molar-refractivity contribution in [1.29, 1.82) is 0 Å². The highest BCUT2D eigenvalue weighted by molar-refractivity contribution is 5.99. The van der Waals surface area contributed by atoms with E-state index in [0.29, 0.717) is 6.42 Å². The number of ether oxygens (including phenoxy) is 1. The van der Waals surface area contributed by atoms with Crippen LogP contribution in [0, 0.1) is 0 Å². The van der Waals surface area contributed by atoms with Crippen molar-refractivity contribution in [3.63, 3.8) is 0 Å². The van der Waals surface area contributed by atoms with Gasteiger partial charge in [0.2, 0.25) is 0 Å². The lowest BCUT2D eigenvalue weighted by Gasteiger charge is -2.23. The van der Waals surface area contributed by atoms with Crippen LogP contribution in [0.1, 0.15) is 30.1 Å². The average molecular weight is 176 g/mol. The zero-order valence-electron chi connectivity index (χ0n) is 7.62. The third-order valence-electron chi connectivity index (χ3n) is 2.35. The van der Waals surface area contributed by atoms with Crippen molar-refractivity contribution in [2.75, 3.05) is 0 Å². The van der Waals surface area contributed by atoms with E-state index >= 15 is 0 Å². The Hall–Kier alpha value is -1.31. The maximum Gasteiger partial charge on any atom is 0.170 e. The van der Waals surface area contributed by atoms with Gasteiger partial charge in [0.25, 0.3) is 0 Å². The fourth-order valence-electron chi connectivity index (χ4n) is 1.57. The summed E-state index contributed by atoms with van der Waals surface area (Å²) in [6.07, 6.45) is 1.48. The molecule has 0 radical (unpaired) electrons. The van der Waals surface area contributed by atoms with Crippen LogP contribution >= 0.6 is 0 Å². The van der Waals surface area contributed by atoms with Gasteiger partial charge in [-0.15, -0.1) is 0 Å². The molecule has 0 saturated heterocycles. The summed E-state index contributed by atoms with van der Waals surface area (Å²) in [5.74, 6) is 0.944. The molecular weight excluding hydrogens is 164 g/mol. The molecule has 1 heterocycles. The van der Waals surface area contributed by atoms with Crippen LogP contribution in [0.25, 0.3) is 0 Å². The molecule has 0 fully saturated rings. The van der Waals surface area contributed by atoms with Crippen LogP contribution in [0.4, 0.5) is 0 Å². The maximum atomic E-state index is 11.6. The van der Waals surface area contributed by atoms with E-state index in [1.54, 1.807) is 0 Å². The van der Waals surface area contributed by atoms with Crippen LogP contribution in [-0.2, 0) is 0 Å². The molecule has 0 spiro atoms. The monoisotopic (exact) mass is 176 g/mol. The minimum Gasteiger partial charge on any atom is -0.489 e. The van der Waals surface area contributed by atoms with Crippen LogP contribution in [0.3, 0.4) is 0 Å². The topological polar surface area (TPSA) is 26.3 Å². The summed E-state index contributed by atoms with van der Waals surface area (Å²) in [5, 5.41) is 0. The van der Waals surface area contributed by atoms with Gasteiger partial charge in [-0.2, -0.15) is 0 Å². The van der Waals surface area contributed by atoms with Crippen molar-refractivity contribution in [2.24, 2.45) is 0 Å². The van der Waals surface area contributed by atoms with Crippen LogP contribution in [0.5, 0.6) is 5.75 Å². The highest BCUT2D eigenvalue weighted by Gasteiger charge is 2.24. The van der Waals surface area contributed by atoms with Crippen molar-refractivity contribution in [2.45, 2.75) is 25.9 Å². The summed E-state index contributed by atoms with van der Waals surface area (Å²) in [7, 11) is 0. The number of ketones is 1. The number of benzene rings is 1.